The van der Waals surface area contributed by atoms with Gasteiger partial charge in [-0.1, -0.05) is 29.8 Å². The molecule has 2 aromatic rings. The van der Waals surface area contributed by atoms with E-state index in [2.05, 4.69) is 34.0 Å². The molecule has 2 rings (SSSR count). The summed E-state index contributed by atoms with van der Waals surface area (Å²) in [5.74, 6) is 0. The normalized spacial score (nSPS) is 10.0. The van der Waals surface area contributed by atoms with Crippen molar-refractivity contribution >= 4 is 45.6 Å². The molecule has 0 saturated heterocycles. The highest BCUT2D eigenvalue weighted by Gasteiger charge is 1.98. The van der Waals surface area contributed by atoms with Gasteiger partial charge < -0.3 is 5.32 Å². The van der Waals surface area contributed by atoms with Crippen LogP contribution in [0.4, 0.5) is 11.4 Å². The van der Waals surface area contributed by atoms with Crippen LogP contribution in [0.3, 0.4) is 0 Å². The molecule has 0 amide bonds. The Balaban J connectivity index is 2.26. The van der Waals surface area contributed by atoms with E-state index in [0.29, 0.717) is 0 Å². The summed E-state index contributed by atoms with van der Waals surface area (Å²) in [6, 6.07) is 15.8. The number of hydrogen-bond acceptors (Lipinski definition) is 1. The second-order valence-electron chi connectivity index (χ2n) is 3.12. The van der Waals surface area contributed by atoms with E-state index in [0.717, 1.165) is 16.4 Å². The summed E-state index contributed by atoms with van der Waals surface area (Å²) in [6.45, 7) is 0. The van der Waals surface area contributed by atoms with Crippen molar-refractivity contribution in [3.05, 3.63) is 57.1 Å². The minimum atomic E-state index is 0.742. The highest BCUT2D eigenvalue weighted by molar-refractivity contribution is 14.1. The molecule has 0 aromatic heterocycles. The number of halogens is 2. The molecule has 76 valence electrons. The van der Waals surface area contributed by atoms with Gasteiger partial charge in [0, 0.05) is 14.3 Å². The van der Waals surface area contributed by atoms with E-state index in [1.165, 1.54) is 3.57 Å². The lowest BCUT2D eigenvalue weighted by molar-refractivity contribution is 1.52. The molecule has 0 atom stereocenters. The predicted octanol–water partition coefficient (Wildman–Crippen LogP) is 4.69. The van der Waals surface area contributed by atoms with Crippen LogP contribution in [-0.2, 0) is 0 Å². The van der Waals surface area contributed by atoms with Gasteiger partial charge in [-0.05, 0) is 52.9 Å². The fourth-order valence-corrected chi connectivity index (χ4v) is 2.00. The van der Waals surface area contributed by atoms with Crippen molar-refractivity contribution < 1.29 is 0 Å². The quantitative estimate of drug-likeness (QED) is 0.788. The van der Waals surface area contributed by atoms with E-state index in [9.17, 15) is 0 Å². The van der Waals surface area contributed by atoms with Crippen molar-refractivity contribution in [2.45, 2.75) is 0 Å². The molecule has 2 aromatic carbocycles. The van der Waals surface area contributed by atoms with Crippen molar-refractivity contribution in [1.82, 2.24) is 0 Å². The lowest BCUT2D eigenvalue weighted by Gasteiger charge is -2.08. The van der Waals surface area contributed by atoms with Gasteiger partial charge in [0.25, 0.3) is 0 Å². The fraction of sp³-hybridized carbons (Fsp3) is 0. The van der Waals surface area contributed by atoms with Crippen LogP contribution in [0.2, 0.25) is 5.02 Å². The van der Waals surface area contributed by atoms with E-state index in [-0.39, 0.29) is 0 Å². The Labute approximate surface area is 108 Å². The number of rotatable bonds is 2. The zero-order valence-electron chi connectivity index (χ0n) is 7.87. The molecule has 0 aliphatic heterocycles. The van der Waals surface area contributed by atoms with Gasteiger partial charge in [0.15, 0.2) is 0 Å². The minimum absolute atomic E-state index is 0.742. The van der Waals surface area contributed by atoms with E-state index < -0.39 is 0 Å². The Morgan fingerprint density at radius 1 is 1.00 bits per heavy atom. The second kappa shape index (κ2) is 4.86. The summed E-state index contributed by atoms with van der Waals surface area (Å²) in [4.78, 5) is 0. The summed E-state index contributed by atoms with van der Waals surface area (Å²) in [5.41, 5.74) is 2.10. The maximum Gasteiger partial charge on any atom is 0.0519 e. The summed E-state index contributed by atoms with van der Waals surface area (Å²) in [6.07, 6.45) is 0. The van der Waals surface area contributed by atoms with Crippen LogP contribution < -0.4 is 5.32 Å². The van der Waals surface area contributed by atoms with Crippen LogP contribution in [0.1, 0.15) is 0 Å². The number of nitrogens with one attached hydrogen (secondary N) is 1. The molecule has 1 N–H and O–H groups in total. The zero-order valence-corrected chi connectivity index (χ0v) is 10.8. The molecular weight excluding hydrogens is 320 g/mol. The molecule has 1 nitrogen and oxygen atoms in total. The molecule has 15 heavy (non-hydrogen) atoms. The maximum absolute atomic E-state index is 5.91. The van der Waals surface area contributed by atoms with Gasteiger partial charge in [-0.25, -0.2) is 0 Å². The number of benzene rings is 2. The first-order chi connectivity index (χ1) is 7.25. The van der Waals surface area contributed by atoms with Crippen LogP contribution in [0.5, 0.6) is 0 Å². The van der Waals surface area contributed by atoms with Crippen molar-refractivity contribution in [2.75, 3.05) is 5.32 Å². The van der Waals surface area contributed by atoms with Gasteiger partial charge in [0.2, 0.25) is 0 Å². The van der Waals surface area contributed by atoms with Gasteiger partial charge in [-0.3, -0.25) is 0 Å². The van der Waals surface area contributed by atoms with Gasteiger partial charge in [0.1, 0.15) is 0 Å². The van der Waals surface area contributed by atoms with E-state index in [1.54, 1.807) is 0 Å². The zero-order chi connectivity index (χ0) is 10.7. The molecular formula is C12H9ClIN. The molecule has 0 fully saturated rings. The average molecular weight is 330 g/mol. The Hall–Kier alpha value is -0.740. The molecule has 0 saturated carbocycles. The van der Waals surface area contributed by atoms with E-state index >= 15 is 0 Å². The SMILES string of the molecule is Clc1cccc(Nc2ccccc2I)c1. The third-order valence-corrected chi connectivity index (χ3v) is 3.15. The third kappa shape index (κ3) is 2.86. The predicted molar refractivity (Wildman–Crippen MR) is 73.9 cm³/mol. The van der Waals surface area contributed by atoms with Crippen molar-refractivity contribution in [2.24, 2.45) is 0 Å². The van der Waals surface area contributed by atoms with E-state index in [4.69, 9.17) is 11.6 Å². The van der Waals surface area contributed by atoms with Crippen LogP contribution in [0.25, 0.3) is 0 Å². The molecule has 3 heteroatoms. The summed E-state index contributed by atoms with van der Waals surface area (Å²) in [5, 5.41) is 4.06. The number of anilines is 2. The molecule has 0 bridgehead atoms. The summed E-state index contributed by atoms with van der Waals surface area (Å²) in [7, 11) is 0. The smallest absolute Gasteiger partial charge is 0.0519 e. The summed E-state index contributed by atoms with van der Waals surface area (Å²) < 4.78 is 1.19. The van der Waals surface area contributed by atoms with Crippen LogP contribution in [0, 0.1) is 3.57 Å². The van der Waals surface area contributed by atoms with Gasteiger partial charge in [0.05, 0.1) is 5.69 Å². The van der Waals surface area contributed by atoms with Crippen molar-refractivity contribution in [1.29, 1.82) is 0 Å². The van der Waals surface area contributed by atoms with Crippen LogP contribution in [0.15, 0.2) is 48.5 Å². The highest BCUT2D eigenvalue weighted by Crippen LogP contribution is 2.23. The Morgan fingerprint density at radius 3 is 2.53 bits per heavy atom. The van der Waals surface area contributed by atoms with Crippen molar-refractivity contribution in [3.63, 3.8) is 0 Å². The molecule has 0 spiro atoms. The first kappa shape index (κ1) is 10.8. The third-order valence-electron chi connectivity index (χ3n) is 1.98. The Morgan fingerprint density at radius 2 is 1.80 bits per heavy atom. The number of hydrogen-bond donors (Lipinski definition) is 1. The topological polar surface area (TPSA) is 12.0 Å². The molecule has 0 aliphatic rings. The maximum atomic E-state index is 5.91. The lowest BCUT2D eigenvalue weighted by Crippen LogP contribution is -1.91. The Kier molecular flexibility index (Phi) is 3.49. The standard InChI is InChI=1S/C12H9ClIN/c13-9-4-3-5-10(8-9)15-12-7-2-1-6-11(12)14/h1-8,15H. The number of para-hydroxylation sites is 1. The minimum Gasteiger partial charge on any atom is -0.355 e. The molecule has 0 aliphatic carbocycles. The largest absolute Gasteiger partial charge is 0.355 e. The second-order valence-corrected chi connectivity index (χ2v) is 4.71. The molecule has 0 radical (unpaired) electrons. The van der Waals surface area contributed by atoms with Gasteiger partial charge in [-0.2, -0.15) is 0 Å². The molecule has 0 unspecified atom stereocenters. The summed E-state index contributed by atoms with van der Waals surface area (Å²) >= 11 is 8.21. The van der Waals surface area contributed by atoms with E-state index in [1.807, 2.05) is 42.5 Å². The lowest BCUT2D eigenvalue weighted by atomic mass is 10.3. The first-order valence-electron chi connectivity index (χ1n) is 4.53. The van der Waals surface area contributed by atoms with Crippen LogP contribution >= 0.6 is 34.2 Å². The van der Waals surface area contributed by atoms with Gasteiger partial charge >= 0.3 is 0 Å². The highest BCUT2D eigenvalue weighted by atomic mass is 127. The Bertz CT molecular complexity index is 471. The monoisotopic (exact) mass is 329 g/mol. The first-order valence-corrected chi connectivity index (χ1v) is 5.98. The van der Waals surface area contributed by atoms with Gasteiger partial charge in [-0.15, -0.1) is 0 Å². The average Bonchev–Trinajstić information content (AvgIpc) is 2.22. The van der Waals surface area contributed by atoms with Crippen LogP contribution in [-0.4, -0.2) is 0 Å². The molecule has 0 heterocycles. The fourth-order valence-electron chi connectivity index (χ4n) is 1.28. The van der Waals surface area contributed by atoms with Crippen molar-refractivity contribution in [3.8, 4) is 0 Å².